The molecule has 0 spiro atoms. The Kier molecular flexibility index (Phi) is 5.61. The molecule has 4 nitrogen and oxygen atoms in total. The fraction of sp³-hybridized carbons (Fsp3) is 0.250. The van der Waals surface area contributed by atoms with E-state index in [4.69, 9.17) is 16.3 Å². The average molecular weight is 357 g/mol. The summed E-state index contributed by atoms with van der Waals surface area (Å²) in [4.78, 5) is 16.7. The zero-order valence-corrected chi connectivity index (χ0v) is 14.9. The van der Waals surface area contributed by atoms with E-state index in [1.54, 1.807) is 37.5 Å². The molecule has 1 aliphatic heterocycles. The number of nitrogens with zero attached hydrogens (tertiary/aromatic N) is 2. The number of ketones is 1. The highest BCUT2D eigenvalue weighted by Crippen LogP contribution is 2.19. The van der Waals surface area contributed by atoms with Gasteiger partial charge in [0, 0.05) is 54.7 Å². The van der Waals surface area contributed by atoms with Crippen molar-refractivity contribution < 1.29 is 9.53 Å². The summed E-state index contributed by atoms with van der Waals surface area (Å²) in [6.07, 6.45) is 3.53. The summed E-state index contributed by atoms with van der Waals surface area (Å²) in [6.45, 7) is 3.61. The number of hydrogen-bond acceptors (Lipinski definition) is 4. The summed E-state index contributed by atoms with van der Waals surface area (Å²) in [5, 5.41) is 0.752. The predicted octanol–water partition coefficient (Wildman–Crippen LogP) is 3.87. The molecule has 0 unspecified atom stereocenters. The maximum absolute atomic E-state index is 12.2. The van der Waals surface area contributed by atoms with Gasteiger partial charge in [0.05, 0.1) is 7.11 Å². The number of hydrogen-bond donors (Lipinski definition) is 0. The Labute approximate surface area is 153 Å². The highest BCUT2D eigenvalue weighted by Gasteiger charge is 2.15. The van der Waals surface area contributed by atoms with E-state index in [2.05, 4.69) is 9.80 Å². The Morgan fingerprint density at radius 2 is 1.64 bits per heavy atom. The van der Waals surface area contributed by atoms with E-state index in [0.717, 1.165) is 37.0 Å². The van der Waals surface area contributed by atoms with Crippen LogP contribution in [0.1, 0.15) is 10.4 Å². The number of methoxy groups -OCH3 is 1. The highest BCUT2D eigenvalue weighted by atomic mass is 35.5. The van der Waals surface area contributed by atoms with Gasteiger partial charge in [-0.25, -0.2) is 0 Å². The minimum atomic E-state index is 0.00258. The van der Waals surface area contributed by atoms with Crippen molar-refractivity contribution in [3.05, 3.63) is 71.4 Å². The van der Waals surface area contributed by atoms with Gasteiger partial charge in [-0.05, 0) is 48.5 Å². The lowest BCUT2D eigenvalue weighted by atomic mass is 10.1. The molecule has 5 heteroatoms. The van der Waals surface area contributed by atoms with Crippen LogP contribution in [0.5, 0.6) is 5.75 Å². The van der Waals surface area contributed by atoms with Crippen LogP contribution >= 0.6 is 11.6 Å². The van der Waals surface area contributed by atoms with Crippen molar-refractivity contribution in [1.82, 2.24) is 4.90 Å². The number of halogens is 1. The van der Waals surface area contributed by atoms with Crippen LogP contribution in [-0.2, 0) is 0 Å². The molecule has 130 valence electrons. The van der Waals surface area contributed by atoms with E-state index in [1.165, 1.54) is 5.69 Å². The molecule has 0 aromatic heterocycles. The molecular formula is C20H21ClN2O2. The van der Waals surface area contributed by atoms with Gasteiger partial charge in [-0.1, -0.05) is 11.6 Å². The molecule has 0 amide bonds. The van der Waals surface area contributed by atoms with Crippen LogP contribution in [-0.4, -0.2) is 44.0 Å². The van der Waals surface area contributed by atoms with Crippen molar-refractivity contribution in [3.8, 4) is 5.75 Å². The van der Waals surface area contributed by atoms with Crippen LogP contribution in [0.25, 0.3) is 0 Å². The van der Waals surface area contributed by atoms with Gasteiger partial charge in [0.25, 0.3) is 0 Å². The molecule has 1 heterocycles. The van der Waals surface area contributed by atoms with E-state index >= 15 is 0 Å². The van der Waals surface area contributed by atoms with Crippen molar-refractivity contribution in [2.75, 3.05) is 38.2 Å². The van der Waals surface area contributed by atoms with Crippen molar-refractivity contribution >= 4 is 23.1 Å². The second kappa shape index (κ2) is 8.08. The van der Waals surface area contributed by atoms with Crippen LogP contribution in [0.15, 0.2) is 60.8 Å². The van der Waals surface area contributed by atoms with E-state index in [0.29, 0.717) is 5.56 Å². The lowest BCUT2D eigenvalue weighted by molar-refractivity contribution is 0.104. The number of allylic oxidation sites excluding steroid dienone is 1. The fourth-order valence-electron chi connectivity index (χ4n) is 2.81. The second-order valence-corrected chi connectivity index (χ2v) is 6.34. The molecule has 1 aliphatic rings. The molecule has 0 saturated carbocycles. The Bertz CT molecular complexity index is 733. The van der Waals surface area contributed by atoms with Gasteiger partial charge in [-0.3, -0.25) is 4.79 Å². The van der Waals surface area contributed by atoms with Gasteiger partial charge in [0.1, 0.15) is 5.75 Å². The molecule has 0 aliphatic carbocycles. The summed E-state index contributed by atoms with van der Waals surface area (Å²) in [6, 6.07) is 15.1. The van der Waals surface area contributed by atoms with Crippen LogP contribution in [0, 0.1) is 0 Å². The molecule has 0 N–H and O–H groups in total. The first kappa shape index (κ1) is 17.4. The summed E-state index contributed by atoms with van der Waals surface area (Å²) in [5.74, 6) is 0.752. The monoisotopic (exact) mass is 356 g/mol. The van der Waals surface area contributed by atoms with Gasteiger partial charge >= 0.3 is 0 Å². The number of carbonyl (C=O) groups excluding carboxylic acids is 1. The van der Waals surface area contributed by atoms with Gasteiger partial charge < -0.3 is 14.5 Å². The molecule has 0 atom stereocenters. The largest absolute Gasteiger partial charge is 0.497 e. The predicted molar refractivity (Wildman–Crippen MR) is 102 cm³/mol. The van der Waals surface area contributed by atoms with Crippen LogP contribution < -0.4 is 9.64 Å². The maximum Gasteiger partial charge on any atom is 0.187 e. The first-order valence-electron chi connectivity index (χ1n) is 8.27. The lowest BCUT2D eigenvalue weighted by Gasteiger charge is -2.35. The fourth-order valence-corrected chi connectivity index (χ4v) is 2.93. The lowest BCUT2D eigenvalue weighted by Crippen LogP contribution is -2.44. The Balaban J connectivity index is 1.53. The third-order valence-corrected chi connectivity index (χ3v) is 4.57. The van der Waals surface area contributed by atoms with Crippen molar-refractivity contribution in [2.24, 2.45) is 0 Å². The van der Waals surface area contributed by atoms with E-state index < -0.39 is 0 Å². The zero-order chi connectivity index (χ0) is 17.6. The summed E-state index contributed by atoms with van der Waals surface area (Å²) >= 11 is 5.94. The number of piperazine rings is 1. The van der Waals surface area contributed by atoms with Gasteiger partial charge in [-0.15, -0.1) is 0 Å². The molecule has 1 fully saturated rings. The number of rotatable bonds is 5. The highest BCUT2D eigenvalue weighted by molar-refractivity contribution is 6.30. The number of ether oxygens (including phenoxy) is 1. The standard InChI is InChI=1S/C20H21ClN2O2/c1-25-19-8-2-16(3-9-19)20(24)10-11-22-12-14-23(15-13-22)18-6-4-17(21)5-7-18/h2-11H,12-15H2,1H3/b11-10+. The van der Waals surface area contributed by atoms with Gasteiger partial charge in [-0.2, -0.15) is 0 Å². The molecule has 2 aromatic carbocycles. The molecule has 1 saturated heterocycles. The third-order valence-electron chi connectivity index (χ3n) is 4.32. The first-order chi connectivity index (χ1) is 12.2. The van der Waals surface area contributed by atoms with Crippen molar-refractivity contribution in [3.63, 3.8) is 0 Å². The molecule has 0 radical (unpaired) electrons. The Hall–Kier alpha value is -2.46. The third kappa shape index (κ3) is 4.54. The molecular weight excluding hydrogens is 336 g/mol. The summed E-state index contributed by atoms with van der Waals surface area (Å²) < 4.78 is 5.11. The number of benzene rings is 2. The van der Waals surface area contributed by atoms with E-state index in [-0.39, 0.29) is 5.78 Å². The normalized spacial score (nSPS) is 14.8. The smallest absolute Gasteiger partial charge is 0.187 e. The summed E-state index contributed by atoms with van der Waals surface area (Å²) in [5.41, 5.74) is 1.85. The topological polar surface area (TPSA) is 32.8 Å². The minimum absolute atomic E-state index is 0.00258. The Morgan fingerprint density at radius 3 is 2.24 bits per heavy atom. The molecule has 25 heavy (non-hydrogen) atoms. The summed E-state index contributed by atoms with van der Waals surface area (Å²) in [7, 11) is 1.61. The van der Waals surface area contributed by atoms with Crippen LogP contribution in [0.2, 0.25) is 5.02 Å². The van der Waals surface area contributed by atoms with Gasteiger partial charge in [0.15, 0.2) is 5.78 Å². The SMILES string of the molecule is COc1ccc(C(=O)/C=C/N2CCN(c3ccc(Cl)cc3)CC2)cc1. The van der Waals surface area contributed by atoms with Crippen molar-refractivity contribution in [1.29, 1.82) is 0 Å². The van der Waals surface area contributed by atoms with Crippen molar-refractivity contribution in [2.45, 2.75) is 0 Å². The van der Waals surface area contributed by atoms with Crippen LogP contribution in [0.3, 0.4) is 0 Å². The first-order valence-corrected chi connectivity index (χ1v) is 8.64. The zero-order valence-electron chi connectivity index (χ0n) is 14.2. The van der Waals surface area contributed by atoms with Gasteiger partial charge in [0.2, 0.25) is 0 Å². The minimum Gasteiger partial charge on any atom is -0.497 e. The molecule has 3 rings (SSSR count). The molecule has 0 bridgehead atoms. The average Bonchev–Trinajstić information content (AvgIpc) is 2.67. The molecule has 2 aromatic rings. The van der Waals surface area contributed by atoms with E-state index in [1.807, 2.05) is 30.5 Å². The number of carbonyl (C=O) groups is 1. The number of anilines is 1. The maximum atomic E-state index is 12.2. The van der Waals surface area contributed by atoms with Crippen LogP contribution in [0.4, 0.5) is 5.69 Å². The van der Waals surface area contributed by atoms with E-state index in [9.17, 15) is 4.79 Å². The quantitative estimate of drug-likeness (QED) is 0.601. The Morgan fingerprint density at radius 1 is 1.00 bits per heavy atom. The second-order valence-electron chi connectivity index (χ2n) is 5.91.